The van der Waals surface area contributed by atoms with E-state index in [9.17, 15) is 9.59 Å². The van der Waals surface area contributed by atoms with Gasteiger partial charge in [-0.3, -0.25) is 4.79 Å². The molecule has 8 nitrogen and oxygen atoms in total. The van der Waals surface area contributed by atoms with Crippen molar-refractivity contribution in [2.75, 3.05) is 25.5 Å². The summed E-state index contributed by atoms with van der Waals surface area (Å²) < 4.78 is 2.29. The van der Waals surface area contributed by atoms with Crippen LogP contribution in [-0.2, 0) is 11.2 Å². The second kappa shape index (κ2) is 9.99. The third kappa shape index (κ3) is 5.85. The zero-order chi connectivity index (χ0) is 25.3. The first kappa shape index (κ1) is 25.2. The zero-order valence-electron chi connectivity index (χ0n) is 22.0. The van der Waals surface area contributed by atoms with Crippen LogP contribution in [0.5, 0.6) is 0 Å². The van der Waals surface area contributed by atoms with Gasteiger partial charge >= 0.3 is 6.03 Å². The van der Waals surface area contributed by atoms with Crippen LogP contribution in [-0.4, -0.2) is 51.7 Å². The van der Waals surface area contributed by atoms with Crippen LogP contribution in [0.1, 0.15) is 81.2 Å². The Kier molecular flexibility index (Phi) is 7.20. The Morgan fingerprint density at radius 1 is 1.11 bits per heavy atom. The number of aromatic nitrogens is 3. The normalized spacial score (nSPS) is 20.2. The summed E-state index contributed by atoms with van der Waals surface area (Å²) in [6.45, 7) is 11.6. The number of nitrogens with zero attached hydrogens (tertiary/aromatic N) is 4. The predicted octanol–water partition coefficient (Wildman–Crippen LogP) is 4.59. The summed E-state index contributed by atoms with van der Waals surface area (Å²) in [6, 6.07) is 6.25. The second-order valence-corrected chi connectivity index (χ2v) is 11.5. The molecule has 0 radical (unpaired) electrons. The summed E-state index contributed by atoms with van der Waals surface area (Å²) in [5.41, 5.74) is 3.27. The van der Waals surface area contributed by atoms with Gasteiger partial charge in [0.15, 0.2) is 0 Å². The lowest BCUT2D eigenvalue weighted by Crippen LogP contribution is -2.37. The van der Waals surface area contributed by atoms with Crippen LogP contribution in [0.4, 0.5) is 10.5 Å². The van der Waals surface area contributed by atoms with E-state index < -0.39 is 5.92 Å². The molecule has 2 aliphatic rings. The van der Waals surface area contributed by atoms with E-state index in [0.29, 0.717) is 19.1 Å². The van der Waals surface area contributed by atoms with E-state index in [0.717, 1.165) is 60.6 Å². The standard InChI is InChI=1S/C27H40N6O2/c1-17-9-12-22(18(2)14-17)29-25(34)21-16-32(26(35)28-6)15-20(21)24-31-30-23(33(24)19-10-11-19)8-7-13-27(3,4)5/h9,12,14,19-21H,7-8,10-11,13,15-16H2,1-6H3,(H,28,35)(H,29,34)/t20-,21-/m0/s1. The zero-order valence-corrected chi connectivity index (χ0v) is 22.0. The first-order valence-corrected chi connectivity index (χ1v) is 12.9. The molecule has 4 rings (SSSR count). The van der Waals surface area contributed by atoms with Crippen molar-refractivity contribution in [1.82, 2.24) is 25.0 Å². The van der Waals surface area contributed by atoms with Crippen LogP contribution in [0.15, 0.2) is 18.2 Å². The Labute approximate surface area is 208 Å². The highest BCUT2D eigenvalue weighted by Gasteiger charge is 2.44. The molecule has 35 heavy (non-hydrogen) atoms. The summed E-state index contributed by atoms with van der Waals surface area (Å²) >= 11 is 0. The average molecular weight is 481 g/mol. The molecule has 0 unspecified atom stereocenters. The fourth-order valence-electron chi connectivity index (χ4n) is 5.10. The Morgan fingerprint density at radius 2 is 1.86 bits per heavy atom. The van der Waals surface area contributed by atoms with Gasteiger partial charge in [-0.15, -0.1) is 10.2 Å². The number of hydrogen-bond donors (Lipinski definition) is 2. The van der Waals surface area contributed by atoms with E-state index in [4.69, 9.17) is 0 Å². The molecule has 1 aliphatic carbocycles. The monoisotopic (exact) mass is 480 g/mol. The molecule has 1 aromatic carbocycles. The van der Waals surface area contributed by atoms with Crippen LogP contribution < -0.4 is 10.6 Å². The third-order valence-electron chi connectivity index (χ3n) is 7.16. The van der Waals surface area contributed by atoms with Crippen molar-refractivity contribution >= 4 is 17.6 Å². The van der Waals surface area contributed by atoms with Gasteiger partial charge in [0.2, 0.25) is 5.91 Å². The molecule has 1 saturated carbocycles. The summed E-state index contributed by atoms with van der Waals surface area (Å²) in [7, 11) is 1.63. The first-order chi connectivity index (χ1) is 16.6. The molecule has 0 bridgehead atoms. The average Bonchev–Trinajstić information content (AvgIpc) is 3.38. The highest BCUT2D eigenvalue weighted by molar-refractivity contribution is 5.94. The van der Waals surface area contributed by atoms with E-state index in [-0.39, 0.29) is 23.3 Å². The van der Waals surface area contributed by atoms with Crippen LogP contribution in [0.3, 0.4) is 0 Å². The molecule has 2 heterocycles. The number of amides is 3. The molecule has 190 valence electrons. The van der Waals surface area contributed by atoms with Crippen molar-refractivity contribution in [3.05, 3.63) is 41.0 Å². The molecule has 1 saturated heterocycles. The summed E-state index contributed by atoms with van der Waals surface area (Å²) in [6.07, 6.45) is 5.28. The van der Waals surface area contributed by atoms with Gasteiger partial charge in [-0.1, -0.05) is 38.5 Å². The highest BCUT2D eigenvalue weighted by atomic mass is 16.2. The molecule has 2 fully saturated rings. The Bertz CT molecular complexity index is 1080. The number of benzene rings is 1. The first-order valence-electron chi connectivity index (χ1n) is 12.9. The maximum atomic E-state index is 13.6. The lowest BCUT2D eigenvalue weighted by molar-refractivity contribution is -0.119. The van der Waals surface area contributed by atoms with Crippen molar-refractivity contribution in [3.63, 3.8) is 0 Å². The van der Waals surface area contributed by atoms with Gasteiger partial charge in [0.25, 0.3) is 0 Å². The van der Waals surface area contributed by atoms with Crippen molar-refractivity contribution in [2.24, 2.45) is 11.3 Å². The lowest BCUT2D eigenvalue weighted by atomic mass is 9.90. The summed E-state index contributed by atoms with van der Waals surface area (Å²) in [5, 5.41) is 15.1. The minimum absolute atomic E-state index is 0.0759. The van der Waals surface area contributed by atoms with E-state index >= 15 is 0 Å². The molecule has 0 spiro atoms. The van der Waals surface area contributed by atoms with Gasteiger partial charge < -0.3 is 20.1 Å². The minimum Gasteiger partial charge on any atom is -0.341 e. The fourth-order valence-corrected chi connectivity index (χ4v) is 5.10. The summed E-state index contributed by atoms with van der Waals surface area (Å²) in [5.74, 6) is 1.21. The molecule has 1 aromatic heterocycles. The maximum Gasteiger partial charge on any atom is 0.317 e. The smallest absolute Gasteiger partial charge is 0.317 e. The van der Waals surface area contributed by atoms with Crippen molar-refractivity contribution < 1.29 is 9.59 Å². The molecule has 2 atom stereocenters. The van der Waals surface area contributed by atoms with E-state index in [2.05, 4.69) is 52.2 Å². The van der Waals surface area contributed by atoms with Gasteiger partial charge in [0, 0.05) is 38.3 Å². The van der Waals surface area contributed by atoms with Crippen LogP contribution in [0.2, 0.25) is 0 Å². The van der Waals surface area contributed by atoms with E-state index in [1.54, 1.807) is 11.9 Å². The van der Waals surface area contributed by atoms with Crippen molar-refractivity contribution in [1.29, 1.82) is 0 Å². The molecule has 3 amide bonds. The largest absolute Gasteiger partial charge is 0.341 e. The lowest BCUT2D eigenvalue weighted by Gasteiger charge is -2.20. The topological polar surface area (TPSA) is 92.2 Å². The van der Waals surface area contributed by atoms with E-state index in [1.165, 1.54) is 0 Å². The van der Waals surface area contributed by atoms with Gasteiger partial charge in [-0.05, 0) is 56.6 Å². The van der Waals surface area contributed by atoms with Crippen LogP contribution >= 0.6 is 0 Å². The van der Waals surface area contributed by atoms with Gasteiger partial charge in [0.1, 0.15) is 11.6 Å². The number of carbonyl (C=O) groups excluding carboxylic acids is 2. The van der Waals surface area contributed by atoms with Crippen molar-refractivity contribution in [3.8, 4) is 0 Å². The molecular weight excluding hydrogens is 440 g/mol. The third-order valence-corrected chi connectivity index (χ3v) is 7.16. The Hall–Kier alpha value is -2.90. The molecule has 2 N–H and O–H groups in total. The number of rotatable bonds is 7. The molecular formula is C27H40N6O2. The molecule has 1 aliphatic heterocycles. The number of likely N-dealkylation sites (tertiary alicyclic amines) is 1. The summed E-state index contributed by atoms with van der Waals surface area (Å²) in [4.78, 5) is 27.8. The quantitative estimate of drug-likeness (QED) is 0.606. The molecule has 8 heteroatoms. The maximum absolute atomic E-state index is 13.6. The van der Waals surface area contributed by atoms with Gasteiger partial charge in [-0.25, -0.2) is 4.79 Å². The highest BCUT2D eigenvalue weighted by Crippen LogP contribution is 2.41. The Morgan fingerprint density at radius 3 is 2.49 bits per heavy atom. The predicted molar refractivity (Wildman–Crippen MR) is 137 cm³/mol. The van der Waals surface area contributed by atoms with Gasteiger partial charge in [-0.2, -0.15) is 0 Å². The Balaban J connectivity index is 1.60. The minimum atomic E-state index is -0.392. The van der Waals surface area contributed by atoms with Crippen LogP contribution in [0.25, 0.3) is 0 Å². The SMILES string of the molecule is CNC(=O)N1C[C@H](C(=O)Nc2ccc(C)cc2C)[C@@H](c2nnc(CCCC(C)(C)C)n2C2CC2)C1. The number of aryl methyl sites for hydroxylation is 3. The van der Waals surface area contributed by atoms with E-state index in [1.807, 2.05) is 26.0 Å². The van der Waals surface area contributed by atoms with Gasteiger partial charge in [0.05, 0.1) is 11.8 Å². The van der Waals surface area contributed by atoms with Crippen molar-refractivity contribution in [2.45, 2.75) is 78.7 Å². The number of hydrogen-bond acceptors (Lipinski definition) is 4. The van der Waals surface area contributed by atoms with Crippen LogP contribution in [0, 0.1) is 25.2 Å². The number of urea groups is 1. The number of carbonyl (C=O) groups is 2. The molecule has 2 aromatic rings. The number of nitrogens with one attached hydrogen (secondary N) is 2. The number of anilines is 1. The fraction of sp³-hybridized carbons (Fsp3) is 0.630. The second-order valence-electron chi connectivity index (χ2n) is 11.5.